The quantitative estimate of drug-likeness (QED) is 0.199. The Morgan fingerprint density at radius 2 is 1.77 bits per heavy atom. The van der Waals surface area contributed by atoms with Crippen LogP contribution in [0.4, 0.5) is 0 Å². The molecule has 40 heavy (non-hydrogen) atoms. The summed E-state index contributed by atoms with van der Waals surface area (Å²) in [7, 11) is 3.20. The number of carbonyl (C=O) groups is 1. The van der Waals surface area contributed by atoms with Gasteiger partial charge in [-0.3, -0.25) is 9.78 Å². The van der Waals surface area contributed by atoms with Crippen molar-refractivity contribution >= 4 is 29.3 Å². The largest absolute Gasteiger partial charge is 0.496 e. The fourth-order valence-electron chi connectivity index (χ4n) is 5.14. The molecule has 0 aliphatic heterocycles. The molecule has 1 amide bonds. The van der Waals surface area contributed by atoms with Gasteiger partial charge in [-0.2, -0.15) is 5.10 Å². The van der Waals surface area contributed by atoms with Crippen LogP contribution in [-0.4, -0.2) is 63.6 Å². The van der Waals surface area contributed by atoms with Crippen LogP contribution in [0.25, 0.3) is 22.8 Å². The summed E-state index contributed by atoms with van der Waals surface area (Å²) in [6, 6.07) is 15.3. The van der Waals surface area contributed by atoms with Gasteiger partial charge in [-0.1, -0.05) is 24.4 Å². The number of hydrogen-bond acceptors (Lipinski definition) is 7. The van der Waals surface area contributed by atoms with Crippen LogP contribution in [0.5, 0.6) is 11.5 Å². The Morgan fingerprint density at radius 3 is 2.45 bits per heavy atom. The number of methoxy groups -OCH3 is 2. The third kappa shape index (κ3) is 5.95. The predicted molar refractivity (Wildman–Crippen MR) is 158 cm³/mol. The molecular formula is C30H32ClN5O3S. The molecule has 0 bridgehead atoms. The van der Waals surface area contributed by atoms with Crippen LogP contribution < -0.4 is 9.47 Å². The predicted octanol–water partition coefficient (Wildman–Crippen LogP) is 6.48. The zero-order valence-electron chi connectivity index (χ0n) is 22.8. The zero-order valence-corrected chi connectivity index (χ0v) is 24.4. The summed E-state index contributed by atoms with van der Waals surface area (Å²) >= 11 is 8.09. The second-order valence-electron chi connectivity index (χ2n) is 9.57. The minimum absolute atomic E-state index is 0.0279. The fourth-order valence-corrected chi connectivity index (χ4v) is 5.83. The number of ether oxygens (including phenoxy) is 2. The van der Waals surface area contributed by atoms with Gasteiger partial charge in [0, 0.05) is 41.0 Å². The van der Waals surface area contributed by atoms with Gasteiger partial charge in [0.25, 0.3) is 5.91 Å². The first-order valence-corrected chi connectivity index (χ1v) is 14.8. The summed E-state index contributed by atoms with van der Waals surface area (Å²) < 4.78 is 12.8. The summed E-state index contributed by atoms with van der Waals surface area (Å²) in [6.45, 7) is 0.942. The molecule has 0 radical (unpaired) electrons. The minimum atomic E-state index is -0.0279. The summed E-state index contributed by atoms with van der Waals surface area (Å²) in [5, 5.41) is 5.34. The molecule has 5 rings (SSSR count). The van der Waals surface area contributed by atoms with Gasteiger partial charge in [-0.25, -0.2) is 9.67 Å². The molecule has 0 atom stereocenters. The average Bonchev–Trinajstić information content (AvgIpc) is 3.68. The van der Waals surface area contributed by atoms with Crippen molar-refractivity contribution in [1.82, 2.24) is 24.6 Å². The number of thioether (sulfide) groups is 1. The molecule has 0 spiro atoms. The van der Waals surface area contributed by atoms with Gasteiger partial charge in [-0.05, 0) is 67.6 Å². The molecule has 208 valence electrons. The summed E-state index contributed by atoms with van der Waals surface area (Å²) in [6.07, 6.45) is 9.64. The van der Waals surface area contributed by atoms with Crippen LogP contribution >= 0.6 is 23.4 Å². The average molecular weight is 578 g/mol. The highest BCUT2D eigenvalue weighted by Crippen LogP contribution is 2.32. The van der Waals surface area contributed by atoms with Crippen molar-refractivity contribution in [1.29, 1.82) is 0 Å². The molecule has 2 heterocycles. The van der Waals surface area contributed by atoms with Gasteiger partial charge < -0.3 is 14.4 Å². The van der Waals surface area contributed by atoms with Crippen LogP contribution in [0.15, 0.2) is 65.8 Å². The van der Waals surface area contributed by atoms with Crippen molar-refractivity contribution in [3.05, 3.63) is 71.5 Å². The third-order valence-electron chi connectivity index (χ3n) is 7.24. The molecule has 1 aliphatic carbocycles. The minimum Gasteiger partial charge on any atom is -0.496 e. The first kappa shape index (κ1) is 28.0. The van der Waals surface area contributed by atoms with Crippen molar-refractivity contribution < 1.29 is 14.3 Å². The van der Waals surface area contributed by atoms with Crippen molar-refractivity contribution in [3.63, 3.8) is 0 Å². The molecule has 2 aromatic carbocycles. The van der Waals surface area contributed by atoms with Crippen LogP contribution in [-0.2, 0) is 6.54 Å². The van der Waals surface area contributed by atoms with Gasteiger partial charge in [-0.15, -0.1) is 11.8 Å². The number of halogens is 1. The number of pyridine rings is 1. The molecule has 8 nitrogen and oxygen atoms in total. The normalized spacial score (nSPS) is 13.4. The summed E-state index contributed by atoms with van der Waals surface area (Å²) in [5.41, 5.74) is 2.24. The number of carbonyl (C=O) groups excluding carboxylic acids is 1. The highest BCUT2D eigenvalue weighted by Gasteiger charge is 2.29. The van der Waals surface area contributed by atoms with E-state index in [1.54, 1.807) is 38.4 Å². The Kier molecular flexibility index (Phi) is 8.91. The Morgan fingerprint density at radius 1 is 1.02 bits per heavy atom. The van der Waals surface area contributed by atoms with E-state index in [9.17, 15) is 4.79 Å². The second kappa shape index (κ2) is 12.7. The number of aromatic nitrogens is 4. The number of benzene rings is 2. The smallest absolute Gasteiger partial charge is 0.257 e. The molecule has 1 saturated carbocycles. The number of nitrogens with zero attached hydrogens (tertiary/aromatic N) is 5. The van der Waals surface area contributed by atoms with E-state index in [1.165, 1.54) is 0 Å². The SMILES string of the molecule is COc1ccc(-c2nc(-c3ccncc3)nn2CCN(C(=O)c2ccc(SC)cc2OC)C2CCCC2)cc1Cl. The summed E-state index contributed by atoms with van der Waals surface area (Å²) in [4.78, 5) is 26.0. The van der Waals surface area contributed by atoms with Gasteiger partial charge in [0.15, 0.2) is 11.6 Å². The molecule has 1 fully saturated rings. The fraction of sp³-hybridized carbons (Fsp3) is 0.333. The molecule has 10 heteroatoms. The van der Waals surface area contributed by atoms with E-state index in [1.807, 2.05) is 64.4 Å². The van der Waals surface area contributed by atoms with Crippen molar-refractivity contribution in [3.8, 4) is 34.3 Å². The number of hydrogen-bond donors (Lipinski definition) is 0. The third-order valence-corrected chi connectivity index (χ3v) is 8.26. The molecule has 0 N–H and O–H groups in total. The molecule has 4 aromatic rings. The standard InChI is InChI=1S/C30H32ClN5O3S/c1-38-26-11-8-21(18-25(26)31)29-33-28(20-12-14-32-15-13-20)34-36(29)17-16-35(22-6-4-5-7-22)30(37)24-10-9-23(40-3)19-27(24)39-2/h8-15,18-19,22H,4-7,16-17H2,1-3H3. The molecule has 1 aliphatic rings. The molecule has 0 unspecified atom stereocenters. The maximum absolute atomic E-state index is 14.0. The van der Waals surface area contributed by atoms with Gasteiger partial charge in [0.1, 0.15) is 11.5 Å². The maximum Gasteiger partial charge on any atom is 0.257 e. The Bertz CT molecular complexity index is 1470. The van der Waals surface area contributed by atoms with E-state index in [0.29, 0.717) is 46.8 Å². The lowest BCUT2D eigenvalue weighted by atomic mass is 10.1. The van der Waals surface area contributed by atoms with Crippen molar-refractivity contribution in [2.24, 2.45) is 0 Å². The van der Waals surface area contributed by atoms with E-state index in [4.69, 9.17) is 31.2 Å². The van der Waals surface area contributed by atoms with E-state index in [0.717, 1.165) is 41.7 Å². The van der Waals surface area contributed by atoms with Crippen LogP contribution in [0.2, 0.25) is 5.02 Å². The van der Waals surface area contributed by atoms with E-state index >= 15 is 0 Å². The lowest BCUT2D eigenvalue weighted by molar-refractivity contribution is 0.0668. The second-order valence-corrected chi connectivity index (χ2v) is 10.9. The van der Waals surface area contributed by atoms with Gasteiger partial charge in [0.05, 0.1) is 31.4 Å². The van der Waals surface area contributed by atoms with Crippen LogP contribution in [0, 0.1) is 0 Å². The van der Waals surface area contributed by atoms with Crippen LogP contribution in [0.1, 0.15) is 36.0 Å². The van der Waals surface area contributed by atoms with Gasteiger partial charge in [0.2, 0.25) is 0 Å². The number of rotatable bonds is 10. The first-order chi connectivity index (χ1) is 19.5. The highest BCUT2D eigenvalue weighted by atomic mass is 35.5. The zero-order chi connectivity index (χ0) is 28.1. The topological polar surface area (TPSA) is 82.4 Å². The first-order valence-electron chi connectivity index (χ1n) is 13.2. The number of amides is 1. The molecule has 0 saturated heterocycles. The highest BCUT2D eigenvalue weighted by molar-refractivity contribution is 7.98. The Hall–Kier alpha value is -3.56. The van der Waals surface area contributed by atoms with Crippen molar-refractivity contribution in [2.75, 3.05) is 27.0 Å². The summed E-state index contributed by atoms with van der Waals surface area (Å²) in [5.74, 6) is 2.40. The van der Waals surface area contributed by atoms with E-state index in [-0.39, 0.29) is 11.9 Å². The monoisotopic (exact) mass is 577 g/mol. The Labute approximate surface area is 243 Å². The lowest BCUT2D eigenvalue weighted by Gasteiger charge is -2.30. The van der Waals surface area contributed by atoms with E-state index in [2.05, 4.69) is 4.98 Å². The Balaban J connectivity index is 1.49. The molecular weight excluding hydrogens is 546 g/mol. The maximum atomic E-state index is 14.0. The molecule has 2 aromatic heterocycles. The van der Waals surface area contributed by atoms with Gasteiger partial charge >= 0.3 is 0 Å². The van der Waals surface area contributed by atoms with Crippen LogP contribution in [0.3, 0.4) is 0 Å². The van der Waals surface area contributed by atoms with E-state index < -0.39 is 0 Å². The lowest BCUT2D eigenvalue weighted by Crippen LogP contribution is -2.41. The van der Waals surface area contributed by atoms with Crippen molar-refractivity contribution in [2.45, 2.75) is 43.2 Å².